The Morgan fingerprint density at radius 1 is 0.839 bits per heavy atom. The highest BCUT2D eigenvalue weighted by molar-refractivity contribution is 7.92. The molecule has 0 spiro atoms. The molecule has 3 aromatic carbocycles. The molecule has 1 saturated heterocycles. The molecule has 0 saturated carbocycles. The summed E-state index contributed by atoms with van der Waals surface area (Å²) >= 11 is 0. The van der Waals surface area contributed by atoms with Gasteiger partial charge in [-0.15, -0.1) is 0 Å². The molecular weight excluding hydrogens is 412 g/mol. The second-order valence-electron chi connectivity index (χ2n) is 7.34. The van der Waals surface area contributed by atoms with Crippen molar-refractivity contribution in [3.8, 4) is 0 Å². The summed E-state index contributed by atoms with van der Waals surface area (Å²) in [6.45, 7) is 0.637. The first-order valence-corrected chi connectivity index (χ1v) is 11.6. The van der Waals surface area contributed by atoms with Crippen LogP contribution in [0.25, 0.3) is 0 Å². The highest BCUT2D eigenvalue weighted by Crippen LogP contribution is 2.26. The van der Waals surface area contributed by atoms with E-state index in [0.29, 0.717) is 24.2 Å². The van der Waals surface area contributed by atoms with Crippen molar-refractivity contribution in [3.05, 3.63) is 90.0 Å². The van der Waals surface area contributed by atoms with Crippen molar-refractivity contribution in [3.63, 3.8) is 0 Å². The molecule has 158 valence electrons. The zero-order valence-electron chi connectivity index (χ0n) is 16.8. The SMILES string of the molecule is O=C(c1ccccc1)c1ccccc1NS(=O)(=O)c1ccc(N2CCCCC2=O)cc1. The van der Waals surface area contributed by atoms with Gasteiger partial charge < -0.3 is 4.90 Å². The van der Waals surface area contributed by atoms with Crippen LogP contribution in [0.15, 0.2) is 83.8 Å². The first-order valence-electron chi connectivity index (χ1n) is 10.1. The van der Waals surface area contributed by atoms with Gasteiger partial charge in [0.2, 0.25) is 5.91 Å². The van der Waals surface area contributed by atoms with E-state index in [1.54, 1.807) is 65.6 Å². The Labute approximate surface area is 181 Å². The van der Waals surface area contributed by atoms with Crippen molar-refractivity contribution in [1.29, 1.82) is 0 Å². The van der Waals surface area contributed by atoms with Crippen LogP contribution in [0, 0.1) is 0 Å². The van der Waals surface area contributed by atoms with Gasteiger partial charge in [0, 0.05) is 29.8 Å². The maximum Gasteiger partial charge on any atom is 0.261 e. The van der Waals surface area contributed by atoms with E-state index in [0.717, 1.165) is 12.8 Å². The van der Waals surface area contributed by atoms with Crippen molar-refractivity contribution in [1.82, 2.24) is 0 Å². The largest absolute Gasteiger partial charge is 0.312 e. The van der Waals surface area contributed by atoms with Crippen LogP contribution in [0.1, 0.15) is 35.2 Å². The van der Waals surface area contributed by atoms with E-state index in [9.17, 15) is 18.0 Å². The first kappa shape index (κ1) is 20.8. The lowest BCUT2D eigenvalue weighted by Crippen LogP contribution is -2.35. The van der Waals surface area contributed by atoms with E-state index in [1.807, 2.05) is 6.07 Å². The predicted molar refractivity (Wildman–Crippen MR) is 120 cm³/mol. The summed E-state index contributed by atoms with van der Waals surface area (Å²) in [5.41, 5.74) is 1.65. The van der Waals surface area contributed by atoms with Gasteiger partial charge in [0.15, 0.2) is 5.78 Å². The number of hydrogen-bond donors (Lipinski definition) is 1. The van der Waals surface area contributed by atoms with E-state index in [2.05, 4.69) is 4.72 Å². The van der Waals surface area contributed by atoms with Crippen molar-refractivity contribution >= 4 is 33.1 Å². The number of rotatable bonds is 6. The second-order valence-corrected chi connectivity index (χ2v) is 9.03. The smallest absolute Gasteiger partial charge is 0.261 e. The normalized spacial score (nSPS) is 14.3. The van der Waals surface area contributed by atoms with Crippen LogP contribution in [-0.2, 0) is 14.8 Å². The first-order chi connectivity index (χ1) is 15.0. The Kier molecular flexibility index (Phi) is 5.86. The molecule has 1 N–H and O–H groups in total. The number of piperidine rings is 1. The van der Waals surface area contributed by atoms with Gasteiger partial charge in [0.1, 0.15) is 0 Å². The summed E-state index contributed by atoms with van der Waals surface area (Å²) in [6, 6.07) is 21.5. The summed E-state index contributed by atoms with van der Waals surface area (Å²) in [5, 5.41) is 0. The van der Waals surface area contributed by atoms with Gasteiger partial charge in [-0.25, -0.2) is 8.42 Å². The summed E-state index contributed by atoms with van der Waals surface area (Å²) in [4.78, 5) is 26.7. The molecule has 1 aliphatic rings. The molecule has 4 rings (SSSR count). The molecule has 1 heterocycles. The number of nitrogens with zero attached hydrogens (tertiary/aromatic N) is 1. The number of benzene rings is 3. The zero-order valence-corrected chi connectivity index (χ0v) is 17.6. The van der Waals surface area contributed by atoms with Crippen LogP contribution >= 0.6 is 0 Å². The standard InChI is InChI=1S/C24H22N2O4S/c27-23-12-6-7-17-26(23)19-13-15-20(16-14-19)31(29,30)25-22-11-5-4-10-21(22)24(28)18-8-2-1-3-9-18/h1-5,8-11,13-16,25H,6-7,12,17H2. The Morgan fingerprint density at radius 3 is 2.23 bits per heavy atom. The van der Waals surface area contributed by atoms with Gasteiger partial charge in [0.05, 0.1) is 10.6 Å². The number of ketones is 1. The van der Waals surface area contributed by atoms with Crippen LogP contribution in [0.3, 0.4) is 0 Å². The Bertz CT molecular complexity index is 1210. The van der Waals surface area contributed by atoms with Gasteiger partial charge in [-0.05, 0) is 49.2 Å². The number of anilines is 2. The third-order valence-electron chi connectivity index (χ3n) is 5.23. The van der Waals surface area contributed by atoms with Crippen molar-refractivity contribution in [2.24, 2.45) is 0 Å². The average molecular weight is 435 g/mol. The topological polar surface area (TPSA) is 83.6 Å². The van der Waals surface area contributed by atoms with Crippen LogP contribution < -0.4 is 9.62 Å². The van der Waals surface area contributed by atoms with E-state index in [4.69, 9.17) is 0 Å². The molecular formula is C24H22N2O4S. The summed E-state index contributed by atoms with van der Waals surface area (Å²) in [5.74, 6) is -0.216. The Balaban J connectivity index is 1.58. The van der Waals surface area contributed by atoms with Crippen molar-refractivity contribution < 1.29 is 18.0 Å². The highest BCUT2D eigenvalue weighted by Gasteiger charge is 2.22. The number of para-hydroxylation sites is 1. The fourth-order valence-electron chi connectivity index (χ4n) is 3.60. The number of hydrogen-bond acceptors (Lipinski definition) is 4. The molecule has 6 nitrogen and oxygen atoms in total. The third-order valence-corrected chi connectivity index (χ3v) is 6.62. The molecule has 1 aliphatic heterocycles. The number of carbonyl (C=O) groups is 2. The molecule has 0 unspecified atom stereocenters. The lowest BCUT2D eigenvalue weighted by molar-refractivity contribution is -0.119. The van der Waals surface area contributed by atoms with Crippen LogP contribution in [0.2, 0.25) is 0 Å². The van der Waals surface area contributed by atoms with Gasteiger partial charge in [0.25, 0.3) is 10.0 Å². The summed E-state index contributed by atoms with van der Waals surface area (Å²) < 4.78 is 28.5. The van der Waals surface area contributed by atoms with E-state index in [-0.39, 0.29) is 27.8 Å². The highest BCUT2D eigenvalue weighted by atomic mass is 32.2. The van der Waals surface area contributed by atoms with Crippen molar-refractivity contribution in [2.45, 2.75) is 24.2 Å². The van der Waals surface area contributed by atoms with E-state index >= 15 is 0 Å². The number of nitrogens with one attached hydrogen (secondary N) is 1. The zero-order chi connectivity index (χ0) is 21.8. The average Bonchev–Trinajstić information content (AvgIpc) is 2.80. The third kappa shape index (κ3) is 4.51. The van der Waals surface area contributed by atoms with E-state index in [1.165, 1.54) is 12.1 Å². The predicted octanol–water partition coefficient (Wildman–Crippen LogP) is 4.24. The van der Waals surface area contributed by atoms with Crippen molar-refractivity contribution in [2.75, 3.05) is 16.2 Å². The van der Waals surface area contributed by atoms with Crippen LogP contribution in [0.5, 0.6) is 0 Å². The molecule has 0 aromatic heterocycles. The summed E-state index contributed by atoms with van der Waals surface area (Å²) in [7, 11) is -3.92. The minimum atomic E-state index is -3.92. The molecule has 7 heteroatoms. The molecule has 1 amide bonds. The van der Waals surface area contributed by atoms with Crippen LogP contribution in [0.4, 0.5) is 11.4 Å². The molecule has 0 aliphatic carbocycles. The number of sulfonamides is 1. The fraction of sp³-hybridized carbons (Fsp3) is 0.167. The van der Waals surface area contributed by atoms with Gasteiger partial charge in [-0.1, -0.05) is 42.5 Å². The molecule has 0 radical (unpaired) electrons. The van der Waals surface area contributed by atoms with E-state index < -0.39 is 10.0 Å². The summed E-state index contributed by atoms with van der Waals surface area (Å²) in [6.07, 6.45) is 2.32. The Morgan fingerprint density at radius 2 is 1.52 bits per heavy atom. The van der Waals surface area contributed by atoms with Gasteiger partial charge >= 0.3 is 0 Å². The Hall–Kier alpha value is -3.45. The maximum absolute atomic E-state index is 13.0. The lowest BCUT2D eigenvalue weighted by atomic mass is 10.0. The molecule has 1 fully saturated rings. The minimum Gasteiger partial charge on any atom is -0.312 e. The fourth-order valence-corrected chi connectivity index (χ4v) is 4.68. The molecule has 0 bridgehead atoms. The molecule has 31 heavy (non-hydrogen) atoms. The minimum absolute atomic E-state index is 0.0494. The molecule has 3 aromatic rings. The quantitative estimate of drug-likeness (QED) is 0.589. The maximum atomic E-state index is 13.0. The second kappa shape index (κ2) is 8.73. The van der Waals surface area contributed by atoms with Gasteiger partial charge in [-0.2, -0.15) is 0 Å². The van der Waals surface area contributed by atoms with Gasteiger partial charge in [-0.3, -0.25) is 14.3 Å². The monoisotopic (exact) mass is 434 g/mol. The lowest BCUT2D eigenvalue weighted by Gasteiger charge is -2.26. The van der Waals surface area contributed by atoms with Crippen LogP contribution in [-0.4, -0.2) is 26.7 Å². The number of amides is 1. The number of carbonyl (C=O) groups excluding carboxylic acids is 2. The molecule has 0 atom stereocenters.